The second-order valence-corrected chi connectivity index (χ2v) is 6.34. The summed E-state index contributed by atoms with van der Waals surface area (Å²) < 4.78 is 2.91. The molecule has 2 aliphatic rings. The molecule has 0 unspecified atom stereocenters. The van der Waals surface area contributed by atoms with Gasteiger partial charge < -0.3 is 9.30 Å². The van der Waals surface area contributed by atoms with Gasteiger partial charge in [0.15, 0.2) is 11.5 Å². The largest absolute Gasteiger partial charge is 0.353 e. The Morgan fingerprint density at radius 1 is 1.17 bits per heavy atom. The van der Waals surface area contributed by atoms with E-state index < -0.39 is 0 Å². The maximum absolute atomic E-state index is 4.62. The molecule has 1 saturated heterocycles. The van der Waals surface area contributed by atoms with Crippen LogP contribution in [0.3, 0.4) is 0 Å². The van der Waals surface area contributed by atoms with E-state index in [1.165, 1.54) is 25.7 Å². The number of imidazole rings is 1. The van der Waals surface area contributed by atoms with Crippen molar-refractivity contribution < 1.29 is 0 Å². The summed E-state index contributed by atoms with van der Waals surface area (Å²) in [5, 5.41) is 0. The highest BCUT2D eigenvalue weighted by atomic mass is 79.9. The second-order valence-electron chi connectivity index (χ2n) is 5.53. The molecule has 5 heteroatoms. The third kappa shape index (κ3) is 1.64. The molecule has 0 bridgehead atoms. The predicted octanol–water partition coefficient (Wildman–Crippen LogP) is 2.87. The summed E-state index contributed by atoms with van der Waals surface area (Å²) in [4.78, 5) is 11.4. The van der Waals surface area contributed by atoms with E-state index in [2.05, 4.69) is 30.8 Å². The number of fused-ring (bicyclic) bond motifs is 1. The Morgan fingerprint density at radius 3 is 2.67 bits per heavy atom. The zero-order valence-corrected chi connectivity index (χ0v) is 11.7. The molecule has 1 aliphatic carbocycles. The van der Waals surface area contributed by atoms with Crippen molar-refractivity contribution in [1.82, 2.24) is 14.4 Å². The SMILES string of the molecule is Brc1cn2ccnc2c(N2CCC3(CC2)CC3)n1. The molecule has 3 heterocycles. The Balaban J connectivity index is 1.71. The standard InChI is InChI=1S/C13H15BrN4/c14-10-9-18-8-5-15-11(18)12(16-10)17-6-3-13(1-2-13)4-7-17/h5,8-9H,1-4,6-7H2. The lowest BCUT2D eigenvalue weighted by atomic mass is 9.94. The van der Waals surface area contributed by atoms with Gasteiger partial charge in [-0.25, -0.2) is 9.97 Å². The minimum absolute atomic E-state index is 0.703. The third-order valence-corrected chi connectivity index (χ3v) is 4.79. The molecule has 4 nitrogen and oxygen atoms in total. The van der Waals surface area contributed by atoms with Crippen molar-refractivity contribution in [1.29, 1.82) is 0 Å². The molecular formula is C13H15BrN4. The Kier molecular flexibility index (Phi) is 2.22. The first-order valence-corrected chi connectivity index (χ1v) is 7.29. The van der Waals surface area contributed by atoms with Crippen LogP contribution in [0.15, 0.2) is 23.2 Å². The molecule has 0 radical (unpaired) electrons. The van der Waals surface area contributed by atoms with Crippen LogP contribution in [-0.4, -0.2) is 27.5 Å². The molecule has 2 aromatic heterocycles. The summed E-state index contributed by atoms with van der Waals surface area (Å²) in [6.07, 6.45) is 11.3. The fourth-order valence-corrected chi connectivity index (χ4v) is 3.36. The van der Waals surface area contributed by atoms with Crippen LogP contribution in [0.25, 0.3) is 5.65 Å². The monoisotopic (exact) mass is 306 g/mol. The Morgan fingerprint density at radius 2 is 1.94 bits per heavy atom. The van der Waals surface area contributed by atoms with Crippen LogP contribution in [-0.2, 0) is 0 Å². The molecule has 0 aromatic carbocycles. The molecule has 4 rings (SSSR count). The quantitative estimate of drug-likeness (QED) is 0.812. The van der Waals surface area contributed by atoms with Gasteiger partial charge in [-0.15, -0.1) is 0 Å². The average Bonchev–Trinajstić information content (AvgIpc) is 2.96. The summed E-state index contributed by atoms with van der Waals surface area (Å²) in [6.45, 7) is 2.23. The van der Waals surface area contributed by atoms with E-state index in [1.54, 1.807) is 0 Å². The fourth-order valence-electron chi connectivity index (χ4n) is 2.97. The van der Waals surface area contributed by atoms with Crippen LogP contribution in [0.1, 0.15) is 25.7 Å². The van der Waals surface area contributed by atoms with Crippen LogP contribution in [0, 0.1) is 5.41 Å². The maximum atomic E-state index is 4.62. The fraction of sp³-hybridized carbons (Fsp3) is 0.538. The van der Waals surface area contributed by atoms with E-state index in [0.29, 0.717) is 5.41 Å². The summed E-state index contributed by atoms with van der Waals surface area (Å²) >= 11 is 3.48. The van der Waals surface area contributed by atoms with Crippen molar-refractivity contribution in [3.63, 3.8) is 0 Å². The van der Waals surface area contributed by atoms with Gasteiger partial charge in [-0.2, -0.15) is 0 Å². The van der Waals surface area contributed by atoms with Gasteiger partial charge in [-0.05, 0) is 47.0 Å². The lowest BCUT2D eigenvalue weighted by molar-refractivity contribution is 0.383. The van der Waals surface area contributed by atoms with Crippen LogP contribution in [0.5, 0.6) is 0 Å². The summed E-state index contributed by atoms with van der Waals surface area (Å²) in [5.74, 6) is 1.02. The van der Waals surface area contributed by atoms with Gasteiger partial charge in [-0.3, -0.25) is 0 Å². The van der Waals surface area contributed by atoms with Crippen LogP contribution in [0.4, 0.5) is 5.82 Å². The van der Waals surface area contributed by atoms with E-state index >= 15 is 0 Å². The maximum Gasteiger partial charge on any atom is 0.180 e. The molecule has 94 valence electrons. The second kappa shape index (κ2) is 3.70. The normalized spacial score (nSPS) is 21.7. The molecule has 0 atom stereocenters. The van der Waals surface area contributed by atoms with Crippen molar-refractivity contribution in [2.24, 2.45) is 5.41 Å². The molecule has 1 spiro atoms. The summed E-state index contributed by atoms with van der Waals surface area (Å²) in [5.41, 5.74) is 1.67. The minimum atomic E-state index is 0.703. The van der Waals surface area contributed by atoms with Crippen molar-refractivity contribution in [3.8, 4) is 0 Å². The first kappa shape index (κ1) is 10.8. The highest BCUT2D eigenvalue weighted by Crippen LogP contribution is 2.53. The molecule has 0 amide bonds. The number of hydrogen-bond donors (Lipinski definition) is 0. The van der Waals surface area contributed by atoms with E-state index in [1.807, 2.05) is 23.0 Å². The number of piperidine rings is 1. The zero-order valence-electron chi connectivity index (χ0n) is 10.1. The highest BCUT2D eigenvalue weighted by molar-refractivity contribution is 9.10. The molecule has 2 fully saturated rings. The number of rotatable bonds is 1. The molecule has 1 saturated carbocycles. The van der Waals surface area contributed by atoms with Gasteiger partial charge in [0.1, 0.15) is 4.60 Å². The van der Waals surface area contributed by atoms with Gasteiger partial charge in [0.25, 0.3) is 0 Å². The van der Waals surface area contributed by atoms with Gasteiger partial charge in [-0.1, -0.05) is 0 Å². The molecule has 2 aromatic rings. The molecule has 1 aliphatic heterocycles. The Hall–Kier alpha value is -1.10. The number of hydrogen-bond acceptors (Lipinski definition) is 3. The lowest BCUT2D eigenvalue weighted by Crippen LogP contribution is -2.35. The summed E-state index contributed by atoms with van der Waals surface area (Å²) in [7, 11) is 0. The topological polar surface area (TPSA) is 33.4 Å². The molecule has 0 N–H and O–H groups in total. The highest BCUT2D eigenvalue weighted by Gasteiger charge is 2.44. The van der Waals surface area contributed by atoms with E-state index in [-0.39, 0.29) is 0 Å². The van der Waals surface area contributed by atoms with Crippen LogP contribution >= 0.6 is 15.9 Å². The zero-order chi connectivity index (χ0) is 12.2. The van der Waals surface area contributed by atoms with Gasteiger partial charge in [0, 0.05) is 31.7 Å². The number of halogens is 1. The predicted molar refractivity (Wildman–Crippen MR) is 73.8 cm³/mol. The van der Waals surface area contributed by atoms with Gasteiger partial charge >= 0.3 is 0 Å². The number of nitrogens with zero attached hydrogens (tertiary/aromatic N) is 4. The van der Waals surface area contributed by atoms with E-state index in [9.17, 15) is 0 Å². The van der Waals surface area contributed by atoms with Crippen LogP contribution in [0.2, 0.25) is 0 Å². The lowest BCUT2D eigenvalue weighted by Gasteiger charge is -2.33. The van der Waals surface area contributed by atoms with Crippen molar-refractivity contribution in [2.45, 2.75) is 25.7 Å². The van der Waals surface area contributed by atoms with E-state index in [0.717, 1.165) is 29.2 Å². The smallest absolute Gasteiger partial charge is 0.180 e. The first-order chi connectivity index (χ1) is 8.76. The number of anilines is 1. The van der Waals surface area contributed by atoms with Crippen molar-refractivity contribution in [2.75, 3.05) is 18.0 Å². The van der Waals surface area contributed by atoms with Crippen LogP contribution < -0.4 is 4.90 Å². The molecular weight excluding hydrogens is 292 g/mol. The van der Waals surface area contributed by atoms with Crippen molar-refractivity contribution >= 4 is 27.4 Å². The molecule has 18 heavy (non-hydrogen) atoms. The minimum Gasteiger partial charge on any atom is -0.353 e. The van der Waals surface area contributed by atoms with Crippen molar-refractivity contribution in [3.05, 3.63) is 23.2 Å². The summed E-state index contributed by atoms with van der Waals surface area (Å²) in [6, 6.07) is 0. The van der Waals surface area contributed by atoms with Gasteiger partial charge in [0.2, 0.25) is 0 Å². The third-order valence-electron chi connectivity index (χ3n) is 4.41. The Labute approximate surface area is 114 Å². The van der Waals surface area contributed by atoms with E-state index in [4.69, 9.17) is 0 Å². The van der Waals surface area contributed by atoms with Gasteiger partial charge in [0.05, 0.1) is 0 Å². The Bertz CT molecular complexity index is 592. The first-order valence-electron chi connectivity index (χ1n) is 6.50. The number of aromatic nitrogens is 3. The average molecular weight is 307 g/mol.